The molecule has 0 saturated carbocycles. The summed E-state index contributed by atoms with van der Waals surface area (Å²) in [6.07, 6.45) is 0. The normalized spacial score (nSPS) is 9.92. The van der Waals surface area contributed by atoms with Gasteiger partial charge in [0.05, 0.1) is 21.3 Å². The second kappa shape index (κ2) is 8.56. The average Bonchev–Trinajstić information content (AvgIpc) is 2.64. The van der Waals surface area contributed by atoms with Gasteiger partial charge in [0.1, 0.15) is 0 Å². The monoisotopic (exact) mass is 456 g/mol. The van der Waals surface area contributed by atoms with E-state index in [0.29, 0.717) is 22.8 Å². The molecule has 0 aromatic heterocycles. The highest BCUT2D eigenvalue weighted by molar-refractivity contribution is 14.1. The van der Waals surface area contributed by atoms with Gasteiger partial charge in [0.25, 0.3) is 11.8 Å². The van der Waals surface area contributed by atoms with Gasteiger partial charge in [-0.3, -0.25) is 20.4 Å². The molecule has 132 valence electrons. The zero-order valence-electron chi connectivity index (χ0n) is 13.9. The van der Waals surface area contributed by atoms with E-state index in [4.69, 9.17) is 14.2 Å². The molecule has 0 bridgehead atoms. The minimum Gasteiger partial charge on any atom is -0.493 e. The Balaban J connectivity index is 2.12. The summed E-state index contributed by atoms with van der Waals surface area (Å²) in [5.41, 5.74) is 5.41. The van der Waals surface area contributed by atoms with E-state index in [1.807, 2.05) is 0 Å². The lowest BCUT2D eigenvalue weighted by molar-refractivity contribution is 0.0846. The van der Waals surface area contributed by atoms with Crippen molar-refractivity contribution in [2.45, 2.75) is 0 Å². The second-order valence-corrected chi connectivity index (χ2v) is 6.07. The number of amides is 2. The second-order valence-electron chi connectivity index (χ2n) is 4.83. The van der Waals surface area contributed by atoms with Crippen LogP contribution < -0.4 is 25.1 Å². The molecule has 2 N–H and O–H groups in total. The van der Waals surface area contributed by atoms with E-state index in [0.717, 1.165) is 3.57 Å². The van der Waals surface area contributed by atoms with Crippen LogP contribution >= 0.6 is 22.6 Å². The van der Waals surface area contributed by atoms with Crippen LogP contribution in [0.15, 0.2) is 36.4 Å². The highest BCUT2D eigenvalue weighted by Crippen LogP contribution is 2.38. The van der Waals surface area contributed by atoms with Crippen LogP contribution in [0.4, 0.5) is 0 Å². The van der Waals surface area contributed by atoms with Crippen molar-refractivity contribution in [2.24, 2.45) is 0 Å². The molecule has 25 heavy (non-hydrogen) atoms. The van der Waals surface area contributed by atoms with Gasteiger partial charge < -0.3 is 14.2 Å². The van der Waals surface area contributed by atoms with E-state index >= 15 is 0 Å². The quantitative estimate of drug-likeness (QED) is 0.533. The summed E-state index contributed by atoms with van der Waals surface area (Å²) in [6, 6.07) is 9.93. The van der Waals surface area contributed by atoms with E-state index in [9.17, 15) is 9.59 Å². The van der Waals surface area contributed by atoms with E-state index < -0.39 is 11.8 Å². The number of carbonyl (C=O) groups excluding carboxylic acids is 2. The molecule has 0 aliphatic rings. The van der Waals surface area contributed by atoms with Crippen LogP contribution in [-0.4, -0.2) is 33.1 Å². The number of ether oxygens (including phenoxy) is 3. The molecule has 0 fully saturated rings. The van der Waals surface area contributed by atoms with Crippen LogP contribution in [0.1, 0.15) is 20.7 Å². The van der Waals surface area contributed by atoms with Crippen LogP contribution in [0.5, 0.6) is 17.2 Å². The number of benzene rings is 2. The first-order chi connectivity index (χ1) is 12.0. The Labute approximate surface area is 158 Å². The number of hydrogen-bond donors (Lipinski definition) is 2. The van der Waals surface area contributed by atoms with Crippen molar-refractivity contribution in [3.63, 3.8) is 0 Å². The Hall–Kier alpha value is -2.49. The Bertz CT molecular complexity index is 752. The first-order valence-corrected chi connectivity index (χ1v) is 8.24. The molecule has 2 rings (SSSR count). The van der Waals surface area contributed by atoms with Gasteiger partial charge in [-0.05, 0) is 59.0 Å². The predicted molar refractivity (Wildman–Crippen MR) is 100 cm³/mol. The summed E-state index contributed by atoms with van der Waals surface area (Å²) < 4.78 is 16.6. The zero-order chi connectivity index (χ0) is 18.4. The Morgan fingerprint density at radius 2 is 1.28 bits per heavy atom. The average molecular weight is 456 g/mol. The molecule has 0 radical (unpaired) electrons. The molecule has 0 heterocycles. The topological polar surface area (TPSA) is 85.9 Å². The number of methoxy groups -OCH3 is 3. The van der Waals surface area contributed by atoms with Crippen LogP contribution in [0.2, 0.25) is 0 Å². The van der Waals surface area contributed by atoms with Gasteiger partial charge in [-0.15, -0.1) is 0 Å². The van der Waals surface area contributed by atoms with Crippen molar-refractivity contribution in [1.82, 2.24) is 10.9 Å². The lowest BCUT2D eigenvalue weighted by atomic mass is 10.1. The summed E-state index contributed by atoms with van der Waals surface area (Å²) in [6.45, 7) is 0. The van der Waals surface area contributed by atoms with Gasteiger partial charge in [-0.25, -0.2) is 0 Å². The third-order valence-corrected chi connectivity index (χ3v) is 4.04. The third-order valence-electron chi connectivity index (χ3n) is 3.32. The van der Waals surface area contributed by atoms with Crippen LogP contribution in [0, 0.1) is 3.57 Å². The maximum Gasteiger partial charge on any atom is 0.269 e. The molecular weight excluding hydrogens is 439 g/mol. The summed E-state index contributed by atoms with van der Waals surface area (Å²) in [7, 11) is 4.39. The fraction of sp³-hybridized carbons (Fsp3) is 0.176. The standard InChI is InChI=1S/C17H17IN2O5/c1-23-13-8-11(9-14(24-2)15(13)25-3)17(22)20-19-16(21)10-4-6-12(18)7-5-10/h4-9H,1-3H3,(H,19,21)(H,20,22). The van der Waals surface area contributed by atoms with Crippen molar-refractivity contribution < 1.29 is 23.8 Å². The molecule has 8 heteroatoms. The summed E-state index contributed by atoms with van der Waals surface area (Å²) in [4.78, 5) is 24.3. The van der Waals surface area contributed by atoms with Gasteiger partial charge in [-0.1, -0.05) is 0 Å². The number of carbonyl (C=O) groups is 2. The third kappa shape index (κ3) is 4.53. The fourth-order valence-electron chi connectivity index (χ4n) is 2.07. The molecule has 7 nitrogen and oxygen atoms in total. The molecule has 2 aromatic rings. The molecule has 0 unspecified atom stereocenters. The van der Waals surface area contributed by atoms with Crippen molar-refractivity contribution >= 4 is 34.4 Å². The number of hydrogen-bond acceptors (Lipinski definition) is 5. The molecule has 0 aliphatic carbocycles. The van der Waals surface area contributed by atoms with Gasteiger partial charge in [0.2, 0.25) is 5.75 Å². The van der Waals surface area contributed by atoms with Gasteiger partial charge in [0, 0.05) is 14.7 Å². The van der Waals surface area contributed by atoms with E-state index in [1.165, 1.54) is 33.5 Å². The zero-order valence-corrected chi connectivity index (χ0v) is 16.0. The Kier molecular flexibility index (Phi) is 6.45. The molecule has 0 spiro atoms. The highest BCUT2D eigenvalue weighted by atomic mass is 127. The number of nitrogens with one attached hydrogen (secondary N) is 2. The van der Waals surface area contributed by atoms with Gasteiger partial charge in [0.15, 0.2) is 11.5 Å². The summed E-state index contributed by atoms with van der Waals surface area (Å²) >= 11 is 2.14. The fourth-order valence-corrected chi connectivity index (χ4v) is 2.43. The summed E-state index contributed by atoms with van der Waals surface area (Å²) in [5, 5.41) is 0. The van der Waals surface area contributed by atoms with E-state index in [2.05, 4.69) is 33.4 Å². The van der Waals surface area contributed by atoms with Crippen LogP contribution in [0.3, 0.4) is 0 Å². The number of halogens is 1. The Morgan fingerprint density at radius 3 is 1.72 bits per heavy atom. The first-order valence-electron chi connectivity index (χ1n) is 7.16. The van der Waals surface area contributed by atoms with E-state index in [1.54, 1.807) is 24.3 Å². The smallest absolute Gasteiger partial charge is 0.269 e. The SMILES string of the molecule is COc1cc(C(=O)NNC(=O)c2ccc(I)cc2)cc(OC)c1OC. The van der Waals surface area contributed by atoms with Crippen molar-refractivity contribution in [2.75, 3.05) is 21.3 Å². The van der Waals surface area contributed by atoms with Gasteiger partial charge in [-0.2, -0.15) is 0 Å². The van der Waals surface area contributed by atoms with E-state index in [-0.39, 0.29) is 5.56 Å². The maximum absolute atomic E-state index is 12.3. The van der Waals surface area contributed by atoms with Crippen molar-refractivity contribution in [3.8, 4) is 17.2 Å². The van der Waals surface area contributed by atoms with Crippen molar-refractivity contribution in [1.29, 1.82) is 0 Å². The number of rotatable bonds is 5. The lowest BCUT2D eigenvalue weighted by Gasteiger charge is -2.14. The lowest BCUT2D eigenvalue weighted by Crippen LogP contribution is -2.41. The van der Waals surface area contributed by atoms with Gasteiger partial charge >= 0.3 is 0 Å². The molecule has 0 aliphatic heterocycles. The largest absolute Gasteiger partial charge is 0.493 e. The van der Waals surface area contributed by atoms with Crippen molar-refractivity contribution in [3.05, 3.63) is 51.1 Å². The molecule has 2 aromatic carbocycles. The molecular formula is C17H17IN2O5. The molecule has 0 atom stereocenters. The Morgan fingerprint density at radius 1 is 0.800 bits per heavy atom. The molecule has 2 amide bonds. The predicted octanol–water partition coefficient (Wildman–Crippen LogP) is 2.39. The maximum atomic E-state index is 12.3. The summed E-state index contributed by atoms with van der Waals surface area (Å²) in [5.74, 6) is 0.131. The number of hydrazine groups is 1. The van der Waals surface area contributed by atoms with Crippen LogP contribution in [0.25, 0.3) is 0 Å². The minimum absolute atomic E-state index is 0.248. The minimum atomic E-state index is -0.516. The van der Waals surface area contributed by atoms with Crippen LogP contribution in [-0.2, 0) is 0 Å². The molecule has 0 saturated heterocycles. The first kappa shape index (κ1) is 18.8. The highest BCUT2D eigenvalue weighted by Gasteiger charge is 2.17.